The van der Waals surface area contributed by atoms with Crippen molar-refractivity contribution in [1.29, 1.82) is 0 Å². The Hall–Kier alpha value is -2.83. The summed E-state index contributed by atoms with van der Waals surface area (Å²) < 4.78 is 7.54. The molecule has 0 aliphatic carbocycles. The molecule has 0 saturated heterocycles. The van der Waals surface area contributed by atoms with Gasteiger partial charge in [-0.25, -0.2) is 4.98 Å². The fraction of sp³-hybridized carbons (Fsp3) is 0.312. The monoisotopic (exact) mass is 314 g/mol. The number of anilines is 1. The highest BCUT2D eigenvalue weighted by molar-refractivity contribution is 5.99. The first-order valence-electron chi connectivity index (χ1n) is 7.51. The lowest BCUT2D eigenvalue weighted by Crippen LogP contribution is -2.41. The lowest BCUT2D eigenvalue weighted by atomic mass is 10.1. The van der Waals surface area contributed by atoms with E-state index in [2.05, 4.69) is 15.6 Å². The zero-order chi connectivity index (χ0) is 16.1. The molecule has 7 nitrogen and oxygen atoms in total. The summed E-state index contributed by atoms with van der Waals surface area (Å²) in [6.45, 7) is 1.33. The number of amides is 2. The molecule has 1 aliphatic heterocycles. The van der Waals surface area contributed by atoms with E-state index in [9.17, 15) is 9.59 Å². The maximum atomic E-state index is 12.0. The fourth-order valence-corrected chi connectivity index (χ4v) is 2.38. The van der Waals surface area contributed by atoms with Gasteiger partial charge in [-0.3, -0.25) is 9.59 Å². The van der Waals surface area contributed by atoms with Crippen molar-refractivity contribution in [2.45, 2.75) is 25.5 Å². The molecular weight excluding hydrogens is 296 g/mol. The normalized spacial score (nSPS) is 16.2. The lowest BCUT2D eigenvalue weighted by molar-refractivity contribution is -0.130. The summed E-state index contributed by atoms with van der Waals surface area (Å²) in [5.74, 6) is 0.0948. The lowest BCUT2D eigenvalue weighted by Gasteiger charge is -2.25. The van der Waals surface area contributed by atoms with Gasteiger partial charge in [-0.2, -0.15) is 0 Å². The number of imidazole rings is 1. The molecule has 2 heterocycles. The number of rotatable bonds is 6. The topological polar surface area (TPSA) is 85.2 Å². The molecular formula is C16H18N4O3. The van der Waals surface area contributed by atoms with Crippen molar-refractivity contribution in [2.24, 2.45) is 0 Å². The Balaban J connectivity index is 1.44. The highest BCUT2D eigenvalue weighted by atomic mass is 16.5. The number of para-hydroxylation sites is 2. The van der Waals surface area contributed by atoms with Gasteiger partial charge in [0.2, 0.25) is 5.91 Å². The predicted molar refractivity (Wildman–Crippen MR) is 84.0 cm³/mol. The van der Waals surface area contributed by atoms with Gasteiger partial charge in [0.15, 0.2) is 6.10 Å². The number of aryl methyl sites for hydroxylation is 1. The van der Waals surface area contributed by atoms with E-state index >= 15 is 0 Å². The van der Waals surface area contributed by atoms with Crippen molar-refractivity contribution in [3.63, 3.8) is 0 Å². The smallest absolute Gasteiger partial charge is 0.266 e. The summed E-state index contributed by atoms with van der Waals surface area (Å²) in [6, 6.07) is 7.17. The Bertz CT molecular complexity index is 684. The van der Waals surface area contributed by atoms with Crippen LogP contribution in [0.4, 0.5) is 5.69 Å². The molecule has 23 heavy (non-hydrogen) atoms. The highest BCUT2D eigenvalue weighted by Gasteiger charge is 2.29. The SMILES string of the molecule is O=C(C[C@@H]1Oc2ccccc2NC1=O)NCCCn1ccnc1. The Labute approximate surface area is 133 Å². The van der Waals surface area contributed by atoms with E-state index in [1.54, 1.807) is 24.7 Å². The van der Waals surface area contributed by atoms with E-state index in [-0.39, 0.29) is 18.2 Å². The number of hydrogen-bond acceptors (Lipinski definition) is 4. The number of fused-ring (bicyclic) bond motifs is 1. The Morgan fingerprint density at radius 3 is 3.09 bits per heavy atom. The minimum atomic E-state index is -0.793. The van der Waals surface area contributed by atoms with Crippen LogP contribution in [0.15, 0.2) is 43.0 Å². The number of nitrogens with one attached hydrogen (secondary N) is 2. The average molecular weight is 314 g/mol. The van der Waals surface area contributed by atoms with Crippen molar-refractivity contribution in [3.05, 3.63) is 43.0 Å². The molecule has 0 spiro atoms. The van der Waals surface area contributed by atoms with Gasteiger partial charge >= 0.3 is 0 Å². The second kappa shape index (κ2) is 6.95. The van der Waals surface area contributed by atoms with Gasteiger partial charge in [-0.05, 0) is 18.6 Å². The van der Waals surface area contributed by atoms with Crippen molar-refractivity contribution in [2.75, 3.05) is 11.9 Å². The molecule has 0 saturated carbocycles. The van der Waals surface area contributed by atoms with Crippen LogP contribution in [-0.2, 0) is 16.1 Å². The predicted octanol–water partition coefficient (Wildman–Crippen LogP) is 1.18. The molecule has 0 unspecified atom stereocenters. The molecule has 0 fully saturated rings. The number of carbonyl (C=O) groups excluding carboxylic acids is 2. The molecule has 2 amide bonds. The van der Waals surface area contributed by atoms with Crippen molar-refractivity contribution in [1.82, 2.24) is 14.9 Å². The zero-order valence-electron chi connectivity index (χ0n) is 12.6. The van der Waals surface area contributed by atoms with Gasteiger partial charge in [0.1, 0.15) is 5.75 Å². The minimum absolute atomic E-state index is 0.00520. The first-order valence-corrected chi connectivity index (χ1v) is 7.51. The number of benzene rings is 1. The largest absolute Gasteiger partial charge is 0.478 e. The van der Waals surface area contributed by atoms with E-state index in [4.69, 9.17) is 4.74 Å². The first kappa shape index (κ1) is 15.1. The maximum absolute atomic E-state index is 12.0. The van der Waals surface area contributed by atoms with E-state index in [1.165, 1.54) is 0 Å². The van der Waals surface area contributed by atoms with Crippen molar-refractivity contribution >= 4 is 17.5 Å². The van der Waals surface area contributed by atoms with Crippen LogP contribution in [0.25, 0.3) is 0 Å². The van der Waals surface area contributed by atoms with Gasteiger partial charge in [0.05, 0.1) is 18.4 Å². The molecule has 1 atom stereocenters. The van der Waals surface area contributed by atoms with Crippen LogP contribution in [0.3, 0.4) is 0 Å². The zero-order valence-corrected chi connectivity index (χ0v) is 12.6. The van der Waals surface area contributed by atoms with Gasteiger partial charge in [0, 0.05) is 25.5 Å². The number of carbonyl (C=O) groups is 2. The van der Waals surface area contributed by atoms with Gasteiger partial charge in [-0.15, -0.1) is 0 Å². The number of nitrogens with zero attached hydrogens (tertiary/aromatic N) is 2. The molecule has 1 aromatic carbocycles. The Morgan fingerprint density at radius 1 is 1.39 bits per heavy atom. The summed E-state index contributed by atoms with van der Waals surface area (Å²) >= 11 is 0. The molecule has 1 aliphatic rings. The number of aromatic nitrogens is 2. The van der Waals surface area contributed by atoms with Crippen LogP contribution < -0.4 is 15.4 Å². The van der Waals surface area contributed by atoms with Crippen LogP contribution >= 0.6 is 0 Å². The van der Waals surface area contributed by atoms with Crippen molar-refractivity contribution < 1.29 is 14.3 Å². The molecule has 0 radical (unpaired) electrons. The van der Waals surface area contributed by atoms with Crippen LogP contribution in [0.2, 0.25) is 0 Å². The van der Waals surface area contributed by atoms with Crippen LogP contribution in [0.5, 0.6) is 5.75 Å². The molecule has 120 valence electrons. The molecule has 2 N–H and O–H groups in total. The van der Waals surface area contributed by atoms with Gasteiger partial charge in [-0.1, -0.05) is 12.1 Å². The van der Waals surface area contributed by atoms with Gasteiger partial charge < -0.3 is 19.9 Å². The fourth-order valence-electron chi connectivity index (χ4n) is 2.38. The summed E-state index contributed by atoms with van der Waals surface area (Å²) in [7, 11) is 0. The standard InChI is InChI=1S/C16H18N4O3/c21-15(18-6-3-8-20-9-7-17-11-20)10-14-16(22)19-12-4-1-2-5-13(12)23-14/h1-2,4-5,7,9,11,14H,3,6,8,10H2,(H,18,21)(H,19,22)/t14-/m0/s1. The molecule has 0 bridgehead atoms. The van der Waals surface area contributed by atoms with E-state index < -0.39 is 6.10 Å². The highest BCUT2D eigenvalue weighted by Crippen LogP contribution is 2.29. The summed E-state index contributed by atoms with van der Waals surface area (Å²) in [5.41, 5.74) is 0.634. The molecule has 1 aromatic heterocycles. The second-order valence-corrected chi connectivity index (χ2v) is 5.30. The van der Waals surface area contributed by atoms with E-state index in [1.807, 2.05) is 22.9 Å². The summed E-state index contributed by atoms with van der Waals surface area (Å²) in [5, 5.41) is 5.55. The quantitative estimate of drug-likeness (QED) is 0.784. The molecule has 3 rings (SSSR count). The third kappa shape index (κ3) is 3.88. The van der Waals surface area contributed by atoms with Crippen LogP contribution in [0, 0.1) is 0 Å². The first-order chi connectivity index (χ1) is 11.2. The second-order valence-electron chi connectivity index (χ2n) is 5.30. The Kier molecular flexibility index (Phi) is 4.56. The van der Waals surface area contributed by atoms with Crippen LogP contribution in [0.1, 0.15) is 12.8 Å². The molecule has 7 heteroatoms. The summed E-state index contributed by atoms with van der Waals surface area (Å²) in [6.07, 6.45) is 5.33. The third-order valence-corrected chi connectivity index (χ3v) is 3.55. The van der Waals surface area contributed by atoms with Gasteiger partial charge in [0.25, 0.3) is 5.91 Å². The maximum Gasteiger partial charge on any atom is 0.266 e. The Morgan fingerprint density at radius 2 is 2.26 bits per heavy atom. The third-order valence-electron chi connectivity index (χ3n) is 3.55. The molecule has 2 aromatic rings. The summed E-state index contributed by atoms with van der Waals surface area (Å²) in [4.78, 5) is 27.8. The average Bonchev–Trinajstić information content (AvgIpc) is 3.06. The van der Waals surface area contributed by atoms with E-state index in [0.29, 0.717) is 18.0 Å². The van der Waals surface area contributed by atoms with E-state index in [0.717, 1.165) is 13.0 Å². The number of hydrogen-bond donors (Lipinski definition) is 2. The van der Waals surface area contributed by atoms with Crippen LogP contribution in [-0.4, -0.2) is 34.0 Å². The minimum Gasteiger partial charge on any atom is -0.478 e. The van der Waals surface area contributed by atoms with Crippen molar-refractivity contribution in [3.8, 4) is 5.75 Å². The number of ether oxygens (including phenoxy) is 1.